The zero-order valence-corrected chi connectivity index (χ0v) is 14.3. The van der Waals surface area contributed by atoms with E-state index in [0.29, 0.717) is 25.9 Å². The minimum atomic E-state index is -3.17. The molecule has 7 heteroatoms. The Labute approximate surface area is 136 Å². The van der Waals surface area contributed by atoms with Gasteiger partial charge in [-0.15, -0.1) is 0 Å². The Bertz CT molecular complexity index is 638. The molecule has 0 aromatic heterocycles. The van der Waals surface area contributed by atoms with E-state index in [0.717, 1.165) is 5.56 Å². The van der Waals surface area contributed by atoms with Crippen LogP contribution in [0.15, 0.2) is 24.3 Å². The van der Waals surface area contributed by atoms with Crippen molar-refractivity contribution in [2.75, 3.05) is 18.8 Å². The summed E-state index contributed by atoms with van der Waals surface area (Å²) in [6, 6.07) is 5.83. The monoisotopic (exact) mass is 342 g/mol. The third-order valence-corrected chi connectivity index (χ3v) is 6.19. The minimum Gasteiger partial charge on any atom is -0.349 e. The van der Waals surface area contributed by atoms with E-state index in [2.05, 4.69) is 5.32 Å². The summed E-state index contributed by atoms with van der Waals surface area (Å²) in [7, 11) is -3.17. The molecular weight excluding hydrogens is 319 g/mol. The third kappa shape index (κ3) is 4.51. The van der Waals surface area contributed by atoms with E-state index in [1.807, 2.05) is 6.92 Å². The fourth-order valence-corrected chi connectivity index (χ4v) is 3.88. The van der Waals surface area contributed by atoms with Gasteiger partial charge in [-0.1, -0.05) is 12.1 Å². The fourth-order valence-electron chi connectivity index (χ4n) is 2.74. The molecule has 1 amide bonds. The lowest BCUT2D eigenvalue weighted by atomic mass is 9.96. The maximum atomic E-state index is 12.9. The molecule has 128 valence electrons. The number of halogens is 1. The van der Waals surface area contributed by atoms with E-state index in [1.54, 1.807) is 19.1 Å². The number of piperidine rings is 1. The van der Waals surface area contributed by atoms with Crippen molar-refractivity contribution >= 4 is 15.9 Å². The van der Waals surface area contributed by atoms with E-state index >= 15 is 0 Å². The Morgan fingerprint density at radius 3 is 2.39 bits per heavy atom. The summed E-state index contributed by atoms with van der Waals surface area (Å²) < 4.78 is 38.0. The van der Waals surface area contributed by atoms with Crippen LogP contribution in [0.3, 0.4) is 0 Å². The van der Waals surface area contributed by atoms with E-state index in [-0.39, 0.29) is 29.4 Å². The number of rotatable bonds is 5. The Morgan fingerprint density at radius 1 is 1.30 bits per heavy atom. The van der Waals surface area contributed by atoms with Crippen molar-refractivity contribution in [3.8, 4) is 0 Å². The van der Waals surface area contributed by atoms with Crippen LogP contribution in [0.25, 0.3) is 0 Å². The molecule has 1 atom stereocenters. The van der Waals surface area contributed by atoms with Gasteiger partial charge in [0.1, 0.15) is 5.82 Å². The number of carbonyl (C=O) groups is 1. The number of sulfonamides is 1. The van der Waals surface area contributed by atoms with Crippen molar-refractivity contribution in [1.29, 1.82) is 0 Å². The molecule has 1 aromatic carbocycles. The van der Waals surface area contributed by atoms with Gasteiger partial charge in [-0.3, -0.25) is 4.79 Å². The SMILES string of the molecule is CCS(=O)(=O)N1CCC(C(=O)N[C@@H](C)c2ccc(F)cc2)CC1. The van der Waals surface area contributed by atoms with Crippen LogP contribution in [0, 0.1) is 11.7 Å². The number of hydrogen-bond donors (Lipinski definition) is 1. The van der Waals surface area contributed by atoms with Gasteiger partial charge in [0.15, 0.2) is 0 Å². The van der Waals surface area contributed by atoms with Crippen molar-refractivity contribution in [2.24, 2.45) is 5.92 Å². The lowest BCUT2D eigenvalue weighted by Gasteiger charge is -2.31. The normalized spacial score (nSPS) is 18.6. The Balaban J connectivity index is 1.89. The molecule has 2 rings (SSSR count). The summed E-state index contributed by atoms with van der Waals surface area (Å²) in [4.78, 5) is 12.3. The largest absolute Gasteiger partial charge is 0.349 e. The highest BCUT2D eigenvalue weighted by molar-refractivity contribution is 7.89. The Kier molecular flexibility index (Phi) is 5.75. The van der Waals surface area contributed by atoms with Crippen LogP contribution in [-0.2, 0) is 14.8 Å². The second-order valence-electron chi connectivity index (χ2n) is 5.86. The van der Waals surface area contributed by atoms with Crippen molar-refractivity contribution in [2.45, 2.75) is 32.7 Å². The quantitative estimate of drug-likeness (QED) is 0.891. The highest BCUT2D eigenvalue weighted by Crippen LogP contribution is 2.21. The van der Waals surface area contributed by atoms with Crippen molar-refractivity contribution in [3.63, 3.8) is 0 Å². The molecule has 1 aliphatic rings. The second-order valence-corrected chi connectivity index (χ2v) is 8.11. The van der Waals surface area contributed by atoms with E-state index in [1.165, 1.54) is 16.4 Å². The number of carbonyl (C=O) groups excluding carboxylic acids is 1. The molecule has 5 nitrogen and oxygen atoms in total. The number of nitrogens with one attached hydrogen (secondary N) is 1. The van der Waals surface area contributed by atoms with Crippen molar-refractivity contribution in [1.82, 2.24) is 9.62 Å². The summed E-state index contributed by atoms with van der Waals surface area (Å²) >= 11 is 0. The molecule has 1 fully saturated rings. The van der Waals surface area contributed by atoms with Crippen molar-refractivity contribution in [3.05, 3.63) is 35.6 Å². The summed E-state index contributed by atoms with van der Waals surface area (Å²) in [6.45, 7) is 4.25. The minimum absolute atomic E-state index is 0.0737. The molecule has 0 aliphatic carbocycles. The van der Waals surface area contributed by atoms with Gasteiger partial charge in [0, 0.05) is 19.0 Å². The highest BCUT2D eigenvalue weighted by atomic mass is 32.2. The molecule has 0 radical (unpaired) electrons. The number of benzene rings is 1. The smallest absolute Gasteiger partial charge is 0.223 e. The number of hydrogen-bond acceptors (Lipinski definition) is 3. The van der Waals surface area contributed by atoms with Crippen LogP contribution in [-0.4, -0.2) is 37.5 Å². The zero-order valence-electron chi connectivity index (χ0n) is 13.5. The van der Waals surface area contributed by atoms with Gasteiger partial charge >= 0.3 is 0 Å². The maximum Gasteiger partial charge on any atom is 0.223 e. The average molecular weight is 342 g/mol. The standard InChI is InChI=1S/C16H23FN2O3S/c1-3-23(21,22)19-10-8-14(9-11-19)16(20)18-12(2)13-4-6-15(17)7-5-13/h4-7,12,14H,3,8-11H2,1-2H3,(H,18,20)/t12-/m0/s1. The van der Waals surface area contributed by atoms with E-state index in [4.69, 9.17) is 0 Å². The lowest BCUT2D eigenvalue weighted by Crippen LogP contribution is -2.43. The lowest BCUT2D eigenvalue weighted by molar-refractivity contribution is -0.126. The van der Waals surface area contributed by atoms with Gasteiger partial charge in [-0.05, 0) is 44.4 Å². The summed E-state index contributed by atoms with van der Waals surface area (Å²) in [5.41, 5.74) is 0.839. The third-order valence-electron chi connectivity index (χ3n) is 4.31. The first kappa shape index (κ1) is 17.9. The molecule has 0 unspecified atom stereocenters. The molecule has 1 heterocycles. The molecule has 0 bridgehead atoms. The van der Waals surface area contributed by atoms with E-state index < -0.39 is 10.0 Å². The Hall–Kier alpha value is -1.47. The molecule has 1 aliphatic heterocycles. The van der Waals surface area contributed by atoms with Gasteiger partial charge in [0.25, 0.3) is 0 Å². The van der Waals surface area contributed by atoms with E-state index in [9.17, 15) is 17.6 Å². The number of amides is 1. The molecule has 0 saturated carbocycles. The predicted molar refractivity (Wildman–Crippen MR) is 86.7 cm³/mol. The first-order chi connectivity index (χ1) is 10.8. The molecule has 1 N–H and O–H groups in total. The van der Waals surface area contributed by atoms with Gasteiger partial charge in [-0.25, -0.2) is 17.1 Å². The average Bonchev–Trinajstić information content (AvgIpc) is 2.55. The summed E-state index contributed by atoms with van der Waals surface area (Å²) in [6.07, 6.45) is 1.06. The maximum absolute atomic E-state index is 12.9. The molecule has 1 saturated heterocycles. The second kappa shape index (κ2) is 7.40. The van der Waals surface area contributed by atoms with Crippen LogP contribution in [0.1, 0.15) is 38.3 Å². The van der Waals surface area contributed by atoms with Crippen LogP contribution < -0.4 is 5.32 Å². The van der Waals surface area contributed by atoms with Crippen molar-refractivity contribution < 1.29 is 17.6 Å². The fraction of sp³-hybridized carbons (Fsp3) is 0.562. The first-order valence-electron chi connectivity index (χ1n) is 7.87. The van der Waals surface area contributed by atoms with Crippen LogP contribution in [0.4, 0.5) is 4.39 Å². The summed E-state index contributed by atoms with van der Waals surface area (Å²) in [5.74, 6) is -0.473. The van der Waals surface area contributed by atoms with Gasteiger partial charge in [0.05, 0.1) is 11.8 Å². The first-order valence-corrected chi connectivity index (χ1v) is 9.48. The van der Waals surface area contributed by atoms with Crippen LogP contribution in [0.2, 0.25) is 0 Å². The van der Waals surface area contributed by atoms with Gasteiger partial charge < -0.3 is 5.32 Å². The molecular formula is C16H23FN2O3S. The molecule has 1 aromatic rings. The summed E-state index contributed by atoms with van der Waals surface area (Å²) in [5, 5.41) is 2.92. The molecule has 23 heavy (non-hydrogen) atoms. The topological polar surface area (TPSA) is 66.5 Å². The van der Waals surface area contributed by atoms with Crippen LogP contribution in [0.5, 0.6) is 0 Å². The Morgan fingerprint density at radius 2 is 1.87 bits per heavy atom. The van der Waals surface area contributed by atoms with Gasteiger partial charge in [-0.2, -0.15) is 0 Å². The zero-order chi connectivity index (χ0) is 17.0. The highest BCUT2D eigenvalue weighted by Gasteiger charge is 2.30. The predicted octanol–water partition coefficient (Wildman–Crippen LogP) is 2.06. The molecule has 0 spiro atoms. The van der Waals surface area contributed by atoms with Crippen LogP contribution >= 0.6 is 0 Å². The number of nitrogens with zero attached hydrogens (tertiary/aromatic N) is 1. The van der Waals surface area contributed by atoms with Gasteiger partial charge in [0.2, 0.25) is 15.9 Å².